The zero-order valence-electron chi connectivity index (χ0n) is 19.5. The van der Waals surface area contributed by atoms with E-state index in [9.17, 15) is 9.90 Å². The minimum absolute atomic E-state index is 0.0655. The van der Waals surface area contributed by atoms with Gasteiger partial charge in [0.05, 0.1) is 18.7 Å². The van der Waals surface area contributed by atoms with Crippen LogP contribution in [0.2, 0.25) is 0 Å². The number of carbonyl (C=O) groups is 1. The van der Waals surface area contributed by atoms with Crippen LogP contribution in [-0.2, 0) is 11.2 Å². The standard InChI is InChI=1S/C26H36N2O3S/c1-5-13-27(16-21(29)6-2)17-26(30)28-14-11-25-23(12-15-32-25)24(28)18-31-22-9-7-20(8-10-22)19(3)4/h5,7-10,12,15,19,21,24,29H,1,6,11,13-14,16-18H2,2-4H3/t21-,24+/m0/s1. The molecule has 0 radical (unpaired) electrons. The van der Waals surface area contributed by atoms with Crippen molar-refractivity contribution in [3.63, 3.8) is 0 Å². The number of hydrogen-bond donors (Lipinski definition) is 1. The van der Waals surface area contributed by atoms with Crippen molar-refractivity contribution >= 4 is 17.2 Å². The number of thiophene rings is 1. The molecular formula is C26H36N2O3S. The third kappa shape index (κ3) is 6.21. The first-order chi connectivity index (χ1) is 15.4. The van der Waals surface area contributed by atoms with Crippen LogP contribution in [0, 0.1) is 0 Å². The number of nitrogens with zero attached hydrogens (tertiary/aromatic N) is 2. The molecule has 0 saturated carbocycles. The topological polar surface area (TPSA) is 53.0 Å². The van der Waals surface area contributed by atoms with Gasteiger partial charge in [0.1, 0.15) is 12.4 Å². The van der Waals surface area contributed by atoms with Gasteiger partial charge in [-0.2, -0.15) is 0 Å². The Morgan fingerprint density at radius 3 is 2.75 bits per heavy atom. The smallest absolute Gasteiger partial charge is 0.237 e. The molecule has 1 aromatic heterocycles. The number of amides is 1. The van der Waals surface area contributed by atoms with Gasteiger partial charge in [0.25, 0.3) is 0 Å². The van der Waals surface area contributed by atoms with Crippen molar-refractivity contribution in [2.24, 2.45) is 0 Å². The van der Waals surface area contributed by atoms with Gasteiger partial charge in [0, 0.05) is 24.5 Å². The van der Waals surface area contributed by atoms with E-state index in [4.69, 9.17) is 4.74 Å². The first kappa shape index (κ1) is 24.5. The van der Waals surface area contributed by atoms with Gasteiger partial charge in [0.15, 0.2) is 0 Å². The van der Waals surface area contributed by atoms with Crippen molar-refractivity contribution in [3.8, 4) is 5.75 Å². The van der Waals surface area contributed by atoms with Crippen molar-refractivity contribution in [2.45, 2.75) is 51.7 Å². The lowest BCUT2D eigenvalue weighted by atomic mass is 10.00. The maximum atomic E-state index is 13.3. The Morgan fingerprint density at radius 2 is 2.09 bits per heavy atom. The molecule has 1 aromatic carbocycles. The summed E-state index contributed by atoms with van der Waals surface area (Å²) in [7, 11) is 0. The molecule has 0 aliphatic carbocycles. The summed E-state index contributed by atoms with van der Waals surface area (Å²) in [5.41, 5.74) is 2.47. The fourth-order valence-corrected chi connectivity index (χ4v) is 5.02. The number of ether oxygens (including phenoxy) is 1. The van der Waals surface area contributed by atoms with Crippen LogP contribution < -0.4 is 4.74 Å². The van der Waals surface area contributed by atoms with Crippen molar-refractivity contribution < 1.29 is 14.6 Å². The molecule has 2 aromatic rings. The lowest BCUT2D eigenvalue weighted by molar-refractivity contribution is -0.136. The second-order valence-corrected chi connectivity index (χ2v) is 9.73. The number of hydrogen-bond acceptors (Lipinski definition) is 5. The van der Waals surface area contributed by atoms with E-state index >= 15 is 0 Å². The van der Waals surface area contributed by atoms with Gasteiger partial charge in [-0.05, 0) is 53.5 Å². The van der Waals surface area contributed by atoms with E-state index in [0.717, 1.165) is 12.2 Å². The maximum Gasteiger partial charge on any atom is 0.237 e. The van der Waals surface area contributed by atoms with Crippen LogP contribution in [0.25, 0.3) is 0 Å². The predicted octanol–water partition coefficient (Wildman–Crippen LogP) is 4.64. The van der Waals surface area contributed by atoms with E-state index in [1.54, 1.807) is 17.4 Å². The Hall–Kier alpha value is -2.15. The summed E-state index contributed by atoms with van der Waals surface area (Å²) >= 11 is 1.75. The van der Waals surface area contributed by atoms with E-state index in [1.165, 1.54) is 16.0 Å². The number of benzene rings is 1. The molecule has 1 aliphatic rings. The second kappa shape index (κ2) is 11.6. The van der Waals surface area contributed by atoms with Crippen molar-refractivity contribution in [1.82, 2.24) is 9.80 Å². The van der Waals surface area contributed by atoms with Crippen molar-refractivity contribution in [3.05, 3.63) is 64.4 Å². The van der Waals surface area contributed by atoms with Crippen LogP contribution in [-0.4, -0.2) is 59.7 Å². The summed E-state index contributed by atoms with van der Waals surface area (Å²) < 4.78 is 6.16. The average molecular weight is 457 g/mol. The molecule has 0 spiro atoms. The monoisotopic (exact) mass is 456 g/mol. The number of rotatable bonds is 11. The van der Waals surface area contributed by atoms with Crippen LogP contribution in [0.5, 0.6) is 5.75 Å². The number of fused-ring (bicyclic) bond motifs is 1. The fraction of sp³-hybridized carbons (Fsp3) is 0.500. The molecule has 2 heterocycles. The first-order valence-corrected chi connectivity index (χ1v) is 12.4. The zero-order valence-corrected chi connectivity index (χ0v) is 20.3. The lowest BCUT2D eigenvalue weighted by Crippen LogP contribution is -2.47. The second-order valence-electron chi connectivity index (χ2n) is 8.73. The molecule has 5 nitrogen and oxygen atoms in total. The van der Waals surface area contributed by atoms with Gasteiger partial charge in [-0.25, -0.2) is 0 Å². The Morgan fingerprint density at radius 1 is 1.34 bits per heavy atom. The first-order valence-electron chi connectivity index (χ1n) is 11.5. The minimum Gasteiger partial charge on any atom is -0.491 e. The average Bonchev–Trinajstić information content (AvgIpc) is 3.26. The van der Waals surface area contributed by atoms with Crippen molar-refractivity contribution in [1.29, 1.82) is 0 Å². The predicted molar refractivity (Wildman–Crippen MR) is 131 cm³/mol. The van der Waals surface area contributed by atoms with Gasteiger partial charge in [-0.1, -0.05) is 39.0 Å². The number of aliphatic hydroxyl groups is 1. The quantitative estimate of drug-likeness (QED) is 0.501. The molecule has 0 fully saturated rings. The normalized spacial score (nSPS) is 16.8. The van der Waals surface area contributed by atoms with Gasteiger partial charge in [0.2, 0.25) is 5.91 Å². The number of aliphatic hydroxyl groups excluding tert-OH is 1. The third-order valence-electron chi connectivity index (χ3n) is 6.06. The Balaban J connectivity index is 1.72. The lowest BCUT2D eigenvalue weighted by Gasteiger charge is -2.37. The summed E-state index contributed by atoms with van der Waals surface area (Å²) in [6, 6.07) is 10.2. The van der Waals surface area contributed by atoms with Crippen LogP contribution in [0.4, 0.5) is 0 Å². The maximum absolute atomic E-state index is 13.3. The van der Waals surface area contributed by atoms with Crippen LogP contribution >= 0.6 is 11.3 Å². The Labute approximate surface area is 196 Å². The van der Waals surface area contributed by atoms with Gasteiger partial charge >= 0.3 is 0 Å². The molecule has 3 rings (SSSR count). The van der Waals surface area contributed by atoms with Crippen LogP contribution in [0.3, 0.4) is 0 Å². The summed E-state index contributed by atoms with van der Waals surface area (Å²) in [5, 5.41) is 12.2. The largest absolute Gasteiger partial charge is 0.491 e. The molecule has 6 heteroatoms. The Bertz CT molecular complexity index is 877. The van der Waals surface area contributed by atoms with Gasteiger partial charge in [-0.15, -0.1) is 17.9 Å². The highest BCUT2D eigenvalue weighted by atomic mass is 32.1. The Kier molecular flexibility index (Phi) is 8.91. The number of carbonyl (C=O) groups excluding carboxylic acids is 1. The van der Waals surface area contributed by atoms with Crippen LogP contribution in [0.15, 0.2) is 48.4 Å². The van der Waals surface area contributed by atoms with Gasteiger partial charge in [-0.3, -0.25) is 9.69 Å². The fourth-order valence-electron chi connectivity index (χ4n) is 4.09. The van der Waals surface area contributed by atoms with E-state index in [0.29, 0.717) is 38.6 Å². The highest BCUT2D eigenvalue weighted by Gasteiger charge is 2.33. The SMILES string of the molecule is C=CCN(CC(=O)N1CCc2sccc2[C@H]1COc1ccc(C(C)C)cc1)C[C@@H](O)CC. The summed E-state index contributed by atoms with van der Waals surface area (Å²) in [4.78, 5) is 18.6. The summed E-state index contributed by atoms with van der Waals surface area (Å²) in [5.74, 6) is 1.37. The van der Waals surface area contributed by atoms with Gasteiger partial charge < -0.3 is 14.7 Å². The van der Waals surface area contributed by atoms with E-state index in [-0.39, 0.29) is 18.5 Å². The highest BCUT2D eigenvalue weighted by Crippen LogP contribution is 2.34. The molecule has 1 amide bonds. The molecule has 0 unspecified atom stereocenters. The molecule has 174 valence electrons. The van der Waals surface area contributed by atoms with E-state index in [1.807, 2.05) is 28.9 Å². The highest BCUT2D eigenvalue weighted by molar-refractivity contribution is 7.10. The zero-order chi connectivity index (χ0) is 23.1. The molecule has 1 N–H and O–H groups in total. The van der Waals surface area contributed by atoms with E-state index in [2.05, 4.69) is 44.0 Å². The summed E-state index contributed by atoms with van der Waals surface area (Å²) in [6.07, 6.45) is 2.87. The van der Waals surface area contributed by atoms with Crippen molar-refractivity contribution in [2.75, 3.05) is 32.8 Å². The third-order valence-corrected chi connectivity index (χ3v) is 7.05. The van der Waals surface area contributed by atoms with E-state index < -0.39 is 6.10 Å². The molecule has 1 aliphatic heterocycles. The molecular weight excluding hydrogens is 420 g/mol. The molecule has 0 bridgehead atoms. The molecule has 2 atom stereocenters. The van der Waals surface area contributed by atoms with Crippen LogP contribution in [0.1, 0.15) is 55.2 Å². The molecule has 32 heavy (non-hydrogen) atoms. The minimum atomic E-state index is -0.444. The summed E-state index contributed by atoms with van der Waals surface area (Å²) in [6.45, 7) is 12.5. The molecule has 0 saturated heterocycles.